The van der Waals surface area contributed by atoms with Gasteiger partial charge in [0.05, 0.1) is 4.90 Å². The molecule has 0 atom stereocenters. The first-order valence-corrected chi connectivity index (χ1v) is 7.95. The second-order valence-electron chi connectivity index (χ2n) is 4.73. The van der Waals surface area contributed by atoms with Crippen LogP contribution in [0.15, 0.2) is 47.4 Å². The molecule has 0 aliphatic heterocycles. The van der Waals surface area contributed by atoms with E-state index in [0.717, 1.165) is 11.1 Å². The molecule has 0 spiro atoms. The molecule has 0 fully saturated rings. The maximum atomic E-state index is 13.6. The highest BCUT2D eigenvalue weighted by molar-refractivity contribution is 7.89. The Morgan fingerprint density at radius 2 is 1.90 bits per heavy atom. The Bertz CT molecular complexity index is 745. The van der Waals surface area contributed by atoms with Crippen molar-refractivity contribution in [3.63, 3.8) is 0 Å². The molecule has 0 unspecified atom stereocenters. The quantitative estimate of drug-likeness (QED) is 0.888. The van der Waals surface area contributed by atoms with Gasteiger partial charge >= 0.3 is 0 Å². The van der Waals surface area contributed by atoms with Gasteiger partial charge in [0.2, 0.25) is 10.0 Å². The first-order valence-electron chi connectivity index (χ1n) is 6.46. The Balaban J connectivity index is 2.25. The van der Waals surface area contributed by atoms with Gasteiger partial charge in [0.25, 0.3) is 0 Å². The van der Waals surface area contributed by atoms with Gasteiger partial charge in [-0.2, -0.15) is 0 Å². The molecular weight excluding hydrogens is 291 g/mol. The summed E-state index contributed by atoms with van der Waals surface area (Å²) in [7, 11) is -3.81. The van der Waals surface area contributed by atoms with Gasteiger partial charge < -0.3 is 5.73 Å². The van der Waals surface area contributed by atoms with Crippen molar-refractivity contribution >= 4 is 10.0 Å². The van der Waals surface area contributed by atoms with Crippen LogP contribution < -0.4 is 10.5 Å². The number of benzene rings is 2. The van der Waals surface area contributed by atoms with Crippen molar-refractivity contribution in [1.29, 1.82) is 0 Å². The fraction of sp³-hybridized carbons (Fsp3) is 0.200. The minimum absolute atomic E-state index is 0.00533. The Morgan fingerprint density at radius 1 is 1.19 bits per heavy atom. The number of nitrogens with one attached hydrogen (secondary N) is 1. The van der Waals surface area contributed by atoms with E-state index in [-0.39, 0.29) is 23.5 Å². The lowest BCUT2D eigenvalue weighted by Gasteiger charge is -2.11. The first kappa shape index (κ1) is 15.6. The van der Waals surface area contributed by atoms with E-state index in [4.69, 9.17) is 5.73 Å². The summed E-state index contributed by atoms with van der Waals surface area (Å²) in [6, 6.07) is 11.4. The third kappa shape index (κ3) is 3.66. The van der Waals surface area contributed by atoms with Crippen molar-refractivity contribution in [3.8, 4) is 0 Å². The Kier molecular flexibility index (Phi) is 4.72. The standard InChI is InChI=1S/C15H17FN2O2S/c1-11-4-2-5-12(8-11)10-18-21(19,20)15-7-3-6-14(16)13(15)9-17/h2-8,18H,9-10,17H2,1H3. The number of hydrogen-bond donors (Lipinski definition) is 2. The molecule has 2 aromatic rings. The summed E-state index contributed by atoms with van der Waals surface area (Å²) in [4.78, 5) is -0.113. The maximum absolute atomic E-state index is 13.6. The second kappa shape index (κ2) is 6.34. The van der Waals surface area contributed by atoms with Crippen molar-refractivity contribution in [3.05, 3.63) is 65.0 Å². The number of sulfonamides is 1. The van der Waals surface area contributed by atoms with Crippen molar-refractivity contribution < 1.29 is 12.8 Å². The molecule has 0 saturated carbocycles. The normalized spacial score (nSPS) is 11.6. The zero-order valence-corrected chi connectivity index (χ0v) is 12.5. The van der Waals surface area contributed by atoms with Gasteiger partial charge in [-0.3, -0.25) is 0 Å². The lowest BCUT2D eigenvalue weighted by atomic mass is 10.1. The van der Waals surface area contributed by atoms with E-state index in [0.29, 0.717) is 0 Å². The first-order chi connectivity index (χ1) is 9.94. The Hall–Kier alpha value is -1.76. The predicted molar refractivity (Wildman–Crippen MR) is 79.5 cm³/mol. The zero-order valence-electron chi connectivity index (χ0n) is 11.6. The van der Waals surface area contributed by atoms with Gasteiger partial charge in [-0.15, -0.1) is 0 Å². The summed E-state index contributed by atoms with van der Waals surface area (Å²) in [6.07, 6.45) is 0. The van der Waals surface area contributed by atoms with Crippen LogP contribution in [0.4, 0.5) is 4.39 Å². The molecule has 112 valence electrons. The molecule has 2 rings (SSSR count). The molecule has 21 heavy (non-hydrogen) atoms. The van der Waals surface area contributed by atoms with E-state index in [9.17, 15) is 12.8 Å². The fourth-order valence-electron chi connectivity index (χ4n) is 2.07. The number of halogens is 1. The molecule has 0 aliphatic carbocycles. The molecule has 6 heteroatoms. The molecule has 2 aromatic carbocycles. The van der Waals surface area contributed by atoms with Gasteiger partial charge in [0, 0.05) is 18.7 Å². The SMILES string of the molecule is Cc1cccc(CNS(=O)(=O)c2cccc(F)c2CN)c1. The second-order valence-corrected chi connectivity index (χ2v) is 6.47. The largest absolute Gasteiger partial charge is 0.326 e. The van der Waals surface area contributed by atoms with Crippen LogP contribution in [0.3, 0.4) is 0 Å². The van der Waals surface area contributed by atoms with E-state index >= 15 is 0 Å². The van der Waals surface area contributed by atoms with Crippen LogP contribution in [0.25, 0.3) is 0 Å². The van der Waals surface area contributed by atoms with Crippen LogP contribution in [0, 0.1) is 12.7 Å². The summed E-state index contributed by atoms with van der Waals surface area (Å²) in [5.74, 6) is -0.615. The molecule has 0 aromatic heterocycles. The Morgan fingerprint density at radius 3 is 2.57 bits per heavy atom. The van der Waals surface area contributed by atoms with Crippen LogP contribution in [0.2, 0.25) is 0 Å². The van der Waals surface area contributed by atoms with Crippen LogP contribution in [-0.4, -0.2) is 8.42 Å². The van der Waals surface area contributed by atoms with Gasteiger partial charge in [0.15, 0.2) is 0 Å². The van der Waals surface area contributed by atoms with Crippen LogP contribution in [0.1, 0.15) is 16.7 Å². The summed E-state index contributed by atoms with van der Waals surface area (Å²) in [6.45, 7) is 1.90. The topological polar surface area (TPSA) is 72.2 Å². The zero-order chi connectivity index (χ0) is 15.5. The Labute approximate surface area is 123 Å². The molecule has 4 nitrogen and oxygen atoms in total. The van der Waals surface area contributed by atoms with Crippen molar-refractivity contribution in [2.45, 2.75) is 24.9 Å². The molecular formula is C15H17FN2O2S. The van der Waals surface area contributed by atoms with Crippen molar-refractivity contribution in [2.24, 2.45) is 5.73 Å². The number of aryl methyl sites for hydroxylation is 1. The summed E-state index contributed by atoms with van der Waals surface area (Å²) in [5, 5.41) is 0. The fourth-order valence-corrected chi connectivity index (χ4v) is 3.34. The number of hydrogen-bond acceptors (Lipinski definition) is 3. The molecule has 0 aliphatic rings. The van der Waals surface area contributed by atoms with Crippen LogP contribution >= 0.6 is 0 Å². The molecule has 0 bridgehead atoms. The molecule has 0 saturated heterocycles. The van der Waals surface area contributed by atoms with Crippen molar-refractivity contribution in [1.82, 2.24) is 4.72 Å². The van der Waals surface area contributed by atoms with Gasteiger partial charge in [-0.1, -0.05) is 35.9 Å². The number of nitrogens with two attached hydrogens (primary N) is 1. The highest BCUT2D eigenvalue weighted by atomic mass is 32.2. The van der Waals surface area contributed by atoms with E-state index < -0.39 is 15.8 Å². The average molecular weight is 308 g/mol. The van der Waals surface area contributed by atoms with Crippen molar-refractivity contribution in [2.75, 3.05) is 0 Å². The van der Waals surface area contributed by atoms with Gasteiger partial charge in [-0.05, 0) is 24.6 Å². The van der Waals surface area contributed by atoms with E-state index in [1.807, 2.05) is 31.2 Å². The highest BCUT2D eigenvalue weighted by Gasteiger charge is 2.19. The molecule has 3 N–H and O–H groups in total. The molecule has 0 amide bonds. The lowest BCUT2D eigenvalue weighted by molar-refractivity contribution is 0.571. The van der Waals surface area contributed by atoms with E-state index in [1.54, 1.807) is 0 Å². The monoisotopic (exact) mass is 308 g/mol. The summed E-state index contributed by atoms with van der Waals surface area (Å²) >= 11 is 0. The van der Waals surface area contributed by atoms with E-state index in [1.165, 1.54) is 18.2 Å². The highest BCUT2D eigenvalue weighted by Crippen LogP contribution is 2.18. The van der Waals surface area contributed by atoms with E-state index in [2.05, 4.69) is 4.72 Å². The predicted octanol–water partition coefficient (Wildman–Crippen LogP) is 2.07. The minimum atomic E-state index is -3.81. The smallest absolute Gasteiger partial charge is 0.241 e. The third-order valence-electron chi connectivity index (χ3n) is 3.12. The van der Waals surface area contributed by atoms with Crippen LogP contribution in [0.5, 0.6) is 0 Å². The lowest BCUT2D eigenvalue weighted by Crippen LogP contribution is -2.25. The third-order valence-corrected chi connectivity index (χ3v) is 4.60. The van der Waals surface area contributed by atoms with Gasteiger partial charge in [-0.25, -0.2) is 17.5 Å². The maximum Gasteiger partial charge on any atom is 0.241 e. The summed E-state index contributed by atoms with van der Waals surface area (Å²) < 4.78 is 40.7. The summed E-state index contributed by atoms with van der Waals surface area (Å²) in [5.41, 5.74) is 7.32. The average Bonchev–Trinajstić information content (AvgIpc) is 2.45. The number of rotatable bonds is 5. The van der Waals surface area contributed by atoms with Gasteiger partial charge in [0.1, 0.15) is 5.82 Å². The molecule has 0 radical (unpaired) electrons. The molecule has 0 heterocycles. The van der Waals surface area contributed by atoms with Crippen LogP contribution in [-0.2, 0) is 23.1 Å². The minimum Gasteiger partial charge on any atom is -0.326 e.